The highest BCUT2D eigenvalue weighted by Gasteiger charge is 2.07. The van der Waals surface area contributed by atoms with Crippen molar-refractivity contribution >= 4 is 28.4 Å². The van der Waals surface area contributed by atoms with Crippen LogP contribution >= 0.6 is 22.6 Å². The van der Waals surface area contributed by atoms with Crippen molar-refractivity contribution < 1.29 is 0 Å². The zero-order valence-corrected chi connectivity index (χ0v) is 11.0. The first kappa shape index (κ1) is 11.3. The number of halogens is 1. The molecule has 0 aromatic carbocycles. The molecule has 0 amide bonds. The average molecular weight is 326 g/mol. The van der Waals surface area contributed by atoms with Gasteiger partial charge in [-0.05, 0) is 40.3 Å². The summed E-state index contributed by atoms with van der Waals surface area (Å²) in [6.07, 6.45) is 6.98. The summed E-state index contributed by atoms with van der Waals surface area (Å²) in [5.41, 5.74) is 1.21. The molecule has 0 unspecified atom stereocenters. The van der Waals surface area contributed by atoms with Crippen molar-refractivity contribution in [2.24, 2.45) is 0 Å². The third-order valence-corrected chi connectivity index (χ3v) is 2.94. The van der Waals surface area contributed by atoms with Crippen LogP contribution in [0.4, 0.5) is 5.82 Å². The summed E-state index contributed by atoms with van der Waals surface area (Å²) in [5, 5.41) is 0. The van der Waals surface area contributed by atoms with E-state index in [2.05, 4.69) is 42.4 Å². The van der Waals surface area contributed by atoms with Crippen LogP contribution < -0.4 is 4.90 Å². The SMILES string of the molecule is CN(Cc1ccncc1)c1ncncc1I. The molecule has 2 rings (SSSR count). The predicted octanol–water partition coefficient (Wildman–Crippen LogP) is 2.11. The molecule has 4 nitrogen and oxygen atoms in total. The van der Waals surface area contributed by atoms with E-state index in [9.17, 15) is 0 Å². The van der Waals surface area contributed by atoms with Gasteiger partial charge < -0.3 is 4.90 Å². The fourth-order valence-electron chi connectivity index (χ4n) is 1.42. The van der Waals surface area contributed by atoms with Crippen molar-refractivity contribution in [2.75, 3.05) is 11.9 Å². The third-order valence-electron chi connectivity index (χ3n) is 2.18. The van der Waals surface area contributed by atoms with Gasteiger partial charge in [0.15, 0.2) is 0 Å². The van der Waals surface area contributed by atoms with E-state index in [1.165, 1.54) is 5.56 Å². The van der Waals surface area contributed by atoms with E-state index in [0.29, 0.717) is 0 Å². The van der Waals surface area contributed by atoms with Gasteiger partial charge in [-0.3, -0.25) is 4.98 Å². The van der Waals surface area contributed by atoms with E-state index in [1.54, 1.807) is 18.7 Å². The largest absolute Gasteiger partial charge is 0.354 e. The van der Waals surface area contributed by atoms with Gasteiger partial charge in [0.25, 0.3) is 0 Å². The molecule has 0 aliphatic rings. The first-order valence-electron chi connectivity index (χ1n) is 4.83. The van der Waals surface area contributed by atoms with Gasteiger partial charge in [-0.25, -0.2) is 9.97 Å². The van der Waals surface area contributed by atoms with E-state index in [-0.39, 0.29) is 0 Å². The predicted molar refractivity (Wildman–Crippen MR) is 71.1 cm³/mol. The molecule has 0 saturated carbocycles. The molecule has 0 spiro atoms. The minimum atomic E-state index is 0.815. The number of hydrogen-bond acceptors (Lipinski definition) is 4. The Morgan fingerprint density at radius 2 is 2.00 bits per heavy atom. The van der Waals surface area contributed by atoms with Crippen molar-refractivity contribution in [1.29, 1.82) is 0 Å². The number of aromatic nitrogens is 3. The summed E-state index contributed by atoms with van der Waals surface area (Å²) >= 11 is 2.24. The Morgan fingerprint density at radius 3 is 2.69 bits per heavy atom. The van der Waals surface area contributed by atoms with Gasteiger partial charge >= 0.3 is 0 Å². The second-order valence-electron chi connectivity index (χ2n) is 3.41. The lowest BCUT2D eigenvalue weighted by Crippen LogP contribution is -2.18. The Kier molecular flexibility index (Phi) is 3.66. The highest BCUT2D eigenvalue weighted by atomic mass is 127. The second-order valence-corrected chi connectivity index (χ2v) is 4.57. The van der Waals surface area contributed by atoms with Crippen molar-refractivity contribution in [1.82, 2.24) is 15.0 Å². The van der Waals surface area contributed by atoms with Crippen molar-refractivity contribution in [3.63, 3.8) is 0 Å². The molecule has 0 bridgehead atoms. The normalized spacial score (nSPS) is 10.1. The maximum atomic E-state index is 4.27. The number of rotatable bonds is 3. The van der Waals surface area contributed by atoms with Gasteiger partial charge in [0.2, 0.25) is 0 Å². The van der Waals surface area contributed by atoms with E-state index in [4.69, 9.17) is 0 Å². The summed E-state index contributed by atoms with van der Waals surface area (Å²) < 4.78 is 1.05. The Balaban J connectivity index is 2.15. The van der Waals surface area contributed by atoms with Crippen molar-refractivity contribution in [2.45, 2.75) is 6.54 Å². The van der Waals surface area contributed by atoms with Gasteiger partial charge in [0.05, 0.1) is 3.57 Å². The van der Waals surface area contributed by atoms with Gasteiger partial charge in [0, 0.05) is 32.2 Å². The van der Waals surface area contributed by atoms with Crippen LogP contribution in [-0.4, -0.2) is 22.0 Å². The fourth-order valence-corrected chi connectivity index (χ4v) is 2.14. The lowest BCUT2D eigenvalue weighted by molar-refractivity contribution is 0.883. The van der Waals surface area contributed by atoms with Crippen LogP contribution in [0.15, 0.2) is 37.1 Å². The topological polar surface area (TPSA) is 41.9 Å². The van der Waals surface area contributed by atoms with Crippen LogP contribution in [0, 0.1) is 3.57 Å². The van der Waals surface area contributed by atoms with Crippen LogP contribution in [0.5, 0.6) is 0 Å². The molecule has 0 fully saturated rings. The van der Waals surface area contributed by atoms with Gasteiger partial charge in [-0.15, -0.1) is 0 Å². The highest BCUT2D eigenvalue weighted by Crippen LogP contribution is 2.18. The quantitative estimate of drug-likeness (QED) is 0.811. The first-order valence-corrected chi connectivity index (χ1v) is 5.91. The van der Waals surface area contributed by atoms with Crippen molar-refractivity contribution in [3.8, 4) is 0 Å². The molecule has 2 aromatic heterocycles. The monoisotopic (exact) mass is 326 g/mol. The van der Waals surface area contributed by atoms with Crippen LogP contribution in [0.1, 0.15) is 5.56 Å². The Bertz CT molecular complexity index is 461. The highest BCUT2D eigenvalue weighted by molar-refractivity contribution is 14.1. The Morgan fingerprint density at radius 1 is 1.25 bits per heavy atom. The van der Waals surface area contributed by atoms with E-state index in [0.717, 1.165) is 15.9 Å². The van der Waals surface area contributed by atoms with Gasteiger partial charge in [-0.2, -0.15) is 0 Å². The molecule has 0 aliphatic heterocycles. The molecule has 0 N–H and O–H groups in total. The molecule has 0 saturated heterocycles. The van der Waals surface area contributed by atoms with Gasteiger partial charge in [-0.1, -0.05) is 0 Å². The molecule has 82 valence electrons. The maximum absolute atomic E-state index is 4.27. The molecule has 5 heteroatoms. The lowest BCUT2D eigenvalue weighted by Gasteiger charge is -2.18. The summed E-state index contributed by atoms with van der Waals surface area (Å²) in [7, 11) is 2.02. The summed E-state index contributed by atoms with van der Waals surface area (Å²) in [4.78, 5) is 14.3. The molecule has 16 heavy (non-hydrogen) atoms. The summed E-state index contributed by atoms with van der Waals surface area (Å²) in [6, 6.07) is 4.01. The second kappa shape index (κ2) is 5.20. The van der Waals surface area contributed by atoms with E-state index < -0.39 is 0 Å². The lowest BCUT2D eigenvalue weighted by atomic mass is 10.2. The standard InChI is InChI=1S/C11H11IN4/c1-16(7-9-2-4-13-5-3-9)11-10(12)6-14-8-15-11/h2-6,8H,7H2,1H3. The first-order chi connectivity index (χ1) is 7.77. The summed E-state index contributed by atoms with van der Waals surface area (Å²) in [6.45, 7) is 0.815. The van der Waals surface area contributed by atoms with E-state index >= 15 is 0 Å². The number of hydrogen-bond donors (Lipinski definition) is 0. The van der Waals surface area contributed by atoms with Crippen molar-refractivity contribution in [3.05, 3.63) is 46.2 Å². The number of pyridine rings is 1. The number of nitrogens with zero attached hydrogens (tertiary/aromatic N) is 4. The molecular formula is C11H11IN4. The molecule has 0 radical (unpaired) electrons. The van der Waals surface area contributed by atoms with Crippen LogP contribution in [0.25, 0.3) is 0 Å². The fraction of sp³-hybridized carbons (Fsp3) is 0.182. The molecular weight excluding hydrogens is 315 g/mol. The van der Waals surface area contributed by atoms with E-state index in [1.807, 2.05) is 25.4 Å². The Labute approximate surface area is 108 Å². The minimum Gasteiger partial charge on any atom is -0.354 e. The Hall–Kier alpha value is -1.24. The van der Waals surface area contributed by atoms with Crippen LogP contribution in [0.2, 0.25) is 0 Å². The molecule has 0 atom stereocenters. The molecule has 2 heterocycles. The van der Waals surface area contributed by atoms with Crippen LogP contribution in [-0.2, 0) is 6.54 Å². The smallest absolute Gasteiger partial charge is 0.145 e. The summed E-state index contributed by atoms with van der Waals surface area (Å²) in [5.74, 6) is 0.951. The zero-order valence-electron chi connectivity index (χ0n) is 8.84. The minimum absolute atomic E-state index is 0.815. The molecule has 0 aliphatic carbocycles. The maximum Gasteiger partial charge on any atom is 0.145 e. The van der Waals surface area contributed by atoms with Gasteiger partial charge in [0.1, 0.15) is 12.1 Å². The number of anilines is 1. The average Bonchev–Trinajstić information content (AvgIpc) is 2.31. The van der Waals surface area contributed by atoms with Crippen LogP contribution in [0.3, 0.4) is 0 Å². The molecule has 2 aromatic rings. The third kappa shape index (κ3) is 2.66. The zero-order chi connectivity index (χ0) is 11.4.